The van der Waals surface area contributed by atoms with Crippen LogP contribution in [0.2, 0.25) is 0 Å². The largest absolute Gasteiger partial charge is 0.506 e. The zero-order valence-corrected chi connectivity index (χ0v) is 8.39. The monoisotopic (exact) mass is 200 g/mol. The summed E-state index contributed by atoms with van der Waals surface area (Å²) in [5, 5.41) is 17.9. The van der Waals surface area contributed by atoms with Crippen LogP contribution < -0.4 is 0 Å². The van der Waals surface area contributed by atoms with Crippen LogP contribution in [0.3, 0.4) is 0 Å². The van der Waals surface area contributed by atoms with Crippen LogP contribution in [0.15, 0.2) is 6.07 Å². The Bertz CT molecular complexity index is 315. The lowest BCUT2D eigenvalue weighted by molar-refractivity contribution is 0.0699. The molecule has 0 saturated carbocycles. The van der Waals surface area contributed by atoms with Crippen molar-refractivity contribution in [3.63, 3.8) is 0 Å². The van der Waals surface area contributed by atoms with E-state index in [9.17, 15) is 9.90 Å². The quantitative estimate of drug-likeness (QED) is 0.787. The number of hydrogen-bond acceptors (Lipinski definition) is 3. The second-order valence-corrected chi connectivity index (χ2v) is 4.47. The van der Waals surface area contributed by atoms with Gasteiger partial charge in [0, 0.05) is 4.88 Å². The Morgan fingerprint density at radius 2 is 2.23 bits per heavy atom. The van der Waals surface area contributed by atoms with Crippen molar-refractivity contribution in [2.45, 2.75) is 20.3 Å². The highest BCUT2D eigenvalue weighted by Gasteiger charge is 2.14. The van der Waals surface area contributed by atoms with Gasteiger partial charge in [-0.1, -0.05) is 13.8 Å². The van der Waals surface area contributed by atoms with Gasteiger partial charge in [-0.15, -0.1) is 11.3 Å². The van der Waals surface area contributed by atoms with Crippen LogP contribution in [-0.4, -0.2) is 16.2 Å². The second kappa shape index (κ2) is 3.79. The number of aromatic hydroxyl groups is 1. The Labute approximate surface area is 80.6 Å². The van der Waals surface area contributed by atoms with Crippen LogP contribution in [0.1, 0.15) is 28.4 Å². The maximum Gasteiger partial charge on any atom is 0.349 e. The average molecular weight is 200 g/mol. The van der Waals surface area contributed by atoms with Gasteiger partial charge in [-0.25, -0.2) is 4.79 Å². The number of carboxylic acid groups (broad SMARTS) is 1. The minimum absolute atomic E-state index is 0.0376. The van der Waals surface area contributed by atoms with Crippen LogP contribution in [0.5, 0.6) is 5.75 Å². The topological polar surface area (TPSA) is 57.5 Å². The number of thiophene rings is 1. The number of hydrogen-bond donors (Lipinski definition) is 2. The smallest absolute Gasteiger partial charge is 0.349 e. The summed E-state index contributed by atoms with van der Waals surface area (Å²) in [5.74, 6) is -0.703. The maximum atomic E-state index is 10.6. The SMILES string of the molecule is CC(C)Cc1cc(O)c(C(=O)O)s1. The van der Waals surface area contributed by atoms with Crippen LogP contribution in [-0.2, 0) is 6.42 Å². The molecular formula is C9H12O3S. The predicted octanol–water partition coefficient (Wildman–Crippen LogP) is 2.35. The summed E-state index contributed by atoms with van der Waals surface area (Å²) >= 11 is 1.15. The summed E-state index contributed by atoms with van der Waals surface area (Å²) < 4.78 is 0. The maximum absolute atomic E-state index is 10.6. The third-order valence-electron chi connectivity index (χ3n) is 1.57. The van der Waals surface area contributed by atoms with Gasteiger partial charge in [0.25, 0.3) is 0 Å². The van der Waals surface area contributed by atoms with Gasteiger partial charge in [0.2, 0.25) is 0 Å². The molecule has 0 unspecified atom stereocenters. The molecule has 0 aromatic carbocycles. The molecule has 3 nitrogen and oxygen atoms in total. The van der Waals surface area contributed by atoms with Crippen molar-refractivity contribution < 1.29 is 15.0 Å². The van der Waals surface area contributed by atoms with Crippen molar-refractivity contribution in [3.8, 4) is 5.75 Å². The molecular weight excluding hydrogens is 188 g/mol. The molecule has 13 heavy (non-hydrogen) atoms. The first-order valence-corrected chi connectivity index (χ1v) is 4.87. The molecule has 1 aromatic heterocycles. The summed E-state index contributed by atoms with van der Waals surface area (Å²) in [6.45, 7) is 4.11. The molecule has 4 heteroatoms. The minimum Gasteiger partial charge on any atom is -0.506 e. The molecule has 0 aliphatic heterocycles. The van der Waals surface area contributed by atoms with Crippen molar-refractivity contribution >= 4 is 17.3 Å². The van der Waals surface area contributed by atoms with Gasteiger partial charge in [-0.3, -0.25) is 0 Å². The fraction of sp³-hybridized carbons (Fsp3) is 0.444. The third-order valence-corrected chi connectivity index (χ3v) is 2.70. The number of aromatic carboxylic acids is 1. The molecule has 1 aromatic rings. The van der Waals surface area contributed by atoms with E-state index in [1.165, 1.54) is 6.07 Å². The van der Waals surface area contributed by atoms with Crippen molar-refractivity contribution in [1.29, 1.82) is 0 Å². The average Bonchev–Trinajstić information content (AvgIpc) is 2.29. The minimum atomic E-state index is -1.06. The summed E-state index contributed by atoms with van der Waals surface area (Å²) in [7, 11) is 0. The fourth-order valence-corrected chi connectivity index (χ4v) is 2.19. The van der Waals surface area contributed by atoms with E-state index in [-0.39, 0.29) is 10.6 Å². The van der Waals surface area contributed by atoms with Crippen LogP contribution in [0, 0.1) is 5.92 Å². The van der Waals surface area contributed by atoms with Gasteiger partial charge in [-0.2, -0.15) is 0 Å². The Morgan fingerprint density at radius 1 is 1.62 bits per heavy atom. The summed E-state index contributed by atoms with van der Waals surface area (Å²) in [6.07, 6.45) is 0.811. The lowest BCUT2D eigenvalue weighted by Crippen LogP contribution is -1.91. The molecule has 0 bridgehead atoms. The van der Waals surface area contributed by atoms with Gasteiger partial charge < -0.3 is 10.2 Å². The van der Waals surface area contributed by atoms with Crippen molar-refractivity contribution in [2.75, 3.05) is 0 Å². The Kier molecular flexibility index (Phi) is 2.93. The molecule has 0 aliphatic rings. The van der Waals surface area contributed by atoms with Crippen molar-refractivity contribution in [3.05, 3.63) is 15.8 Å². The molecule has 1 rings (SSSR count). The van der Waals surface area contributed by atoms with Crippen molar-refractivity contribution in [2.24, 2.45) is 5.92 Å². The van der Waals surface area contributed by atoms with Gasteiger partial charge in [0.05, 0.1) is 0 Å². The van der Waals surface area contributed by atoms with Gasteiger partial charge in [-0.05, 0) is 18.4 Å². The molecule has 0 spiro atoms. The molecule has 2 N–H and O–H groups in total. The van der Waals surface area contributed by atoms with E-state index in [1.54, 1.807) is 0 Å². The van der Waals surface area contributed by atoms with E-state index < -0.39 is 5.97 Å². The lowest BCUT2D eigenvalue weighted by atomic mass is 10.1. The van der Waals surface area contributed by atoms with Crippen LogP contribution >= 0.6 is 11.3 Å². The van der Waals surface area contributed by atoms with Gasteiger partial charge >= 0.3 is 5.97 Å². The first-order chi connectivity index (χ1) is 6.00. The third kappa shape index (κ3) is 2.45. The van der Waals surface area contributed by atoms with Gasteiger partial charge in [0.15, 0.2) is 4.88 Å². The fourth-order valence-electron chi connectivity index (χ4n) is 1.09. The Balaban J connectivity index is 2.89. The number of carboxylic acids is 1. The Hall–Kier alpha value is -1.03. The first kappa shape index (κ1) is 10.1. The van der Waals surface area contributed by atoms with E-state index in [0.29, 0.717) is 5.92 Å². The normalized spacial score (nSPS) is 10.7. The Morgan fingerprint density at radius 3 is 2.62 bits per heavy atom. The highest BCUT2D eigenvalue weighted by molar-refractivity contribution is 7.14. The first-order valence-electron chi connectivity index (χ1n) is 4.05. The molecule has 1 heterocycles. The van der Waals surface area contributed by atoms with E-state index in [4.69, 9.17) is 5.11 Å². The number of rotatable bonds is 3. The molecule has 72 valence electrons. The molecule has 0 fully saturated rings. The zero-order valence-electron chi connectivity index (χ0n) is 7.57. The predicted molar refractivity (Wildman–Crippen MR) is 51.5 cm³/mol. The molecule has 0 atom stereocenters. The highest BCUT2D eigenvalue weighted by atomic mass is 32.1. The van der Waals surface area contributed by atoms with Gasteiger partial charge in [0.1, 0.15) is 5.75 Å². The molecule has 0 aliphatic carbocycles. The van der Waals surface area contributed by atoms with Crippen molar-refractivity contribution in [1.82, 2.24) is 0 Å². The lowest BCUT2D eigenvalue weighted by Gasteiger charge is -1.98. The molecule has 0 radical (unpaired) electrons. The van der Waals surface area contributed by atoms with Crippen LogP contribution in [0.4, 0.5) is 0 Å². The van der Waals surface area contributed by atoms with E-state index in [0.717, 1.165) is 22.6 Å². The molecule has 0 saturated heterocycles. The van der Waals surface area contributed by atoms with E-state index in [2.05, 4.69) is 13.8 Å². The van der Waals surface area contributed by atoms with Crippen LogP contribution in [0.25, 0.3) is 0 Å². The van der Waals surface area contributed by atoms with E-state index in [1.807, 2.05) is 0 Å². The highest BCUT2D eigenvalue weighted by Crippen LogP contribution is 2.29. The summed E-state index contributed by atoms with van der Waals surface area (Å²) in [5.41, 5.74) is 0. The summed E-state index contributed by atoms with van der Waals surface area (Å²) in [4.78, 5) is 11.5. The molecule has 0 amide bonds. The standard InChI is InChI=1S/C9H12O3S/c1-5(2)3-6-4-7(10)8(13-6)9(11)12/h4-5,10H,3H2,1-2H3,(H,11,12). The second-order valence-electron chi connectivity index (χ2n) is 3.33. The summed E-state index contributed by atoms with van der Waals surface area (Å²) in [6, 6.07) is 1.54. The number of carbonyl (C=O) groups is 1. The van der Waals surface area contributed by atoms with E-state index >= 15 is 0 Å². The zero-order chi connectivity index (χ0) is 10.0.